The van der Waals surface area contributed by atoms with Gasteiger partial charge in [-0.1, -0.05) is 18.2 Å². The molecule has 3 N–H and O–H groups in total. The highest BCUT2D eigenvalue weighted by Crippen LogP contribution is 2.27. The molecule has 94 valence electrons. The molecule has 0 spiro atoms. The molecule has 18 heavy (non-hydrogen) atoms. The second-order valence-electron chi connectivity index (χ2n) is 3.62. The number of anilines is 1. The van der Waals surface area contributed by atoms with E-state index < -0.39 is 0 Å². The minimum Gasteiger partial charge on any atom is -0.479 e. The molecule has 1 aromatic carbocycles. The molecule has 2 aromatic rings. The topological polar surface area (TPSA) is 77.6 Å². The van der Waals surface area contributed by atoms with Gasteiger partial charge in [0.25, 0.3) is 0 Å². The number of nitrogens with two attached hydrogens (primary N) is 1. The average Bonchev–Trinajstić information content (AvgIpc) is 2.41. The third-order valence-corrected chi connectivity index (χ3v) is 2.41. The second-order valence-corrected chi connectivity index (χ2v) is 3.62. The van der Waals surface area contributed by atoms with Gasteiger partial charge in [-0.25, -0.2) is 0 Å². The van der Waals surface area contributed by atoms with Crippen LogP contribution in [0.3, 0.4) is 0 Å². The first-order valence-corrected chi connectivity index (χ1v) is 5.41. The molecule has 0 aliphatic heterocycles. The van der Waals surface area contributed by atoms with Crippen molar-refractivity contribution in [1.82, 2.24) is 4.98 Å². The van der Waals surface area contributed by atoms with E-state index in [9.17, 15) is 5.11 Å². The Morgan fingerprint density at radius 1 is 1.22 bits per heavy atom. The predicted octanol–water partition coefficient (Wildman–Crippen LogP) is 1.96. The molecule has 0 atom stereocenters. The van der Waals surface area contributed by atoms with E-state index in [1.165, 1.54) is 7.11 Å². The van der Waals surface area contributed by atoms with Crippen molar-refractivity contribution in [3.63, 3.8) is 0 Å². The molecule has 0 aliphatic carbocycles. The second kappa shape index (κ2) is 5.37. The first kappa shape index (κ1) is 12.2. The molecule has 0 fully saturated rings. The van der Waals surface area contributed by atoms with Gasteiger partial charge in [0.1, 0.15) is 5.75 Å². The van der Waals surface area contributed by atoms with E-state index in [2.05, 4.69) is 4.98 Å². The Balaban J connectivity index is 2.28. The van der Waals surface area contributed by atoms with Crippen molar-refractivity contribution in [2.24, 2.45) is 0 Å². The summed E-state index contributed by atoms with van der Waals surface area (Å²) >= 11 is 0. The number of nitrogen functional groups attached to an aromatic ring is 1. The molecule has 1 heterocycles. The number of aromatic nitrogens is 1. The number of nitrogens with zero attached hydrogens (tertiary/aromatic N) is 1. The summed E-state index contributed by atoms with van der Waals surface area (Å²) in [5.41, 5.74) is 6.80. The minimum absolute atomic E-state index is 0.0950. The van der Waals surface area contributed by atoms with Crippen molar-refractivity contribution in [3.8, 4) is 17.5 Å². The molecule has 2 rings (SSSR count). The fourth-order valence-electron chi connectivity index (χ4n) is 1.50. The molecular formula is C13H14N2O3. The number of methoxy groups -OCH3 is 1. The van der Waals surface area contributed by atoms with E-state index in [-0.39, 0.29) is 6.61 Å². The monoisotopic (exact) mass is 246 g/mol. The van der Waals surface area contributed by atoms with Gasteiger partial charge in [0.15, 0.2) is 0 Å². The number of ether oxygens (including phenoxy) is 2. The van der Waals surface area contributed by atoms with E-state index in [0.29, 0.717) is 28.8 Å². The first-order chi connectivity index (χ1) is 8.74. The molecule has 0 unspecified atom stereocenters. The third kappa shape index (κ3) is 2.52. The van der Waals surface area contributed by atoms with Crippen LogP contribution in [0.4, 0.5) is 5.69 Å². The molecule has 0 amide bonds. The number of hydrogen-bond donors (Lipinski definition) is 2. The maximum absolute atomic E-state index is 9.20. The van der Waals surface area contributed by atoms with Crippen LogP contribution in [0.15, 0.2) is 36.4 Å². The predicted molar refractivity (Wildman–Crippen MR) is 67.6 cm³/mol. The average molecular weight is 246 g/mol. The van der Waals surface area contributed by atoms with Gasteiger partial charge in [-0.15, -0.1) is 0 Å². The van der Waals surface area contributed by atoms with Gasteiger partial charge in [-0.05, 0) is 12.1 Å². The zero-order valence-electron chi connectivity index (χ0n) is 9.96. The summed E-state index contributed by atoms with van der Waals surface area (Å²) in [5.74, 6) is 1.23. The SMILES string of the molecule is COc1nc(Oc2ccccc2CO)ccc1N. The Morgan fingerprint density at radius 3 is 2.72 bits per heavy atom. The highest BCUT2D eigenvalue weighted by Gasteiger charge is 2.07. The maximum Gasteiger partial charge on any atom is 0.240 e. The summed E-state index contributed by atoms with van der Waals surface area (Å²) in [6, 6.07) is 10.5. The van der Waals surface area contributed by atoms with Gasteiger partial charge in [0.2, 0.25) is 11.8 Å². The number of aliphatic hydroxyl groups is 1. The van der Waals surface area contributed by atoms with Crippen molar-refractivity contribution in [2.45, 2.75) is 6.61 Å². The van der Waals surface area contributed by atoms with E-state index in [1.54, 1.807) is 24.3 Å². The van der Waals surface area contributed by atoms with Gasteiger partial charge in [0, 0.05) is 11.6 Å². The van der Waals surface area contributed by atoms with E-state index in [0.717, 1.165) is 0 Å². The minimum atomic E-state index is -0.0950. The van der Waals surface area contributed by atoms with Crippen molar-refractivity contribution in [1.29, 1.82) is 0 Å². The lowest BCUT2D eigenvalue weighted by molar-refractivity contribution is 0.276. The van der Waals surface area contributed by atoms with Crippen LogP contribution in [0.1, 0.15) is 5.56 Å². The summed E-state index contributed by atoms with van der Waals surface area (Å²) in [6.45, 7) is -0.0950. The Labute approximate surface area is 105 Å². The van der Waals surface area contributed by atoms with E-state index >= 15 is 0 Å². The fourth-order valence-corrected chi connectivity index (χ4v) is 1.50. The smallest absolute Gasteiger partial charge is 0.240 e. The van der Waals surface area contributed by atoms with Crippen molar-refractivity contribution in [3.05, 3.63) is 42.0 Å². The molecular weight excluding hydrogens is 232 g/mol. The number of benzene rings is 1. The van der Waals surface area contributed by atoms with Crippen LogP contribution in [0.25, 0.3) is 0 Å². The molecule has 0 saturated carbocycles. The lowest BCUT2D eigenvalue weighted by Gasteiger charge is -2.10. The normalized spacial score (nSPS) is 10.1. The van der Waals surface area contributed by atoms with E-state index in [4.69, 9.17) is 15.2 Å². The van der Waals surface area contributed by atoms with Crippen LogP contribution >= 0.6 is 0 Å². The number of rotatable bonds is 4. The van der Waals surface area contributed by atoms with Crippen molar-refractivity contribution >= 4 is 5.69 Å². The Morgan fingerprint density at radius 2 is 2.00 bits per heavy atom. The number of aliphatic hydroxyl groups excluding tert-OH is 1. The van der Waals surface area contributed by atoms with E-state index in [1.807, 2.05) is 12.1 Å². The van der Waals surface area contributed by atoms with Gasteiger partial charge in [-0.3, -0.25) is 0 Å². The van der Waals surface area contributed by atoms with Crippen LogP contribution in [0.2, 0.25) is 0 Å². The van der Waals surface area contributed by atoms with Crippen LogP contribution in [0, 0.1) is 0 Å². The van der Waals surface area contributed by atoms with Gasteiger partial charge >= 0.3 is 0 Å². The van der Waals surface area contributed by atoms with Gasteiger partial charge < -0.3 is 20.3 Å². The largest absolute Gasteiger partial charge is 0.479 e. The van der Waals surface area contributed by atoms with Crippen LogP contribution in [-0.4, -0.2) is 17.2 Å². The zero-order chi connectivity index (χ0) is 13.0. The number of hydrogen-bond acceptors (Lipinski definition) is 5. The van der Waals surface area contributed by atoms with Crippen LogP contribution in [0.5, 0.6) is 17.5 Å². The van der Waals surface area contributed by atoms with Gasteiger partial charge in [0.05, 0.1) is 19.4 Å². The summed E-state index contributed by atoms with van der Waals surface area (Å²) < 4.78 is 10.6. The summed E-state index contributed by atoms with van der Waals surface area (Å²) in [7, 11) is 1.49. The van der Waals surface area contributed by atoms with Crippen molar-refractivity contribution < 1.29 is 14.6 Å². The highest BCUT2D eigenvalue weighted by atomic mass is 16.5. The Hall–Kier alpha value is -2.27. The molecule has 0 radical (unpaired) electrons. The molecule has 5 heteroatoms. The molecule has 1 aromatic heterocycles. The van der Waals surface area contributed by atoms with Crippen LogP contribution < -0.4 is 15.2 Å². The zero-order valence-corrected chi connectivity index (χ0v) is 9.96. The fraction of sp³-hybridized carbons (Fsp3) is 0.154. The number of para-hydroxylation sites is 1. The van der Waals surface area contributed by atoms with Crippen molar-refractivity contribution in [2.75, 3.05) is 12.8 Å². The Bertz CT molecular complexity index is 544. The number of pyridine rings is 1. The standard InChI is InChI=1S/C13H14N2O3/c1-17-13-10(14)6-7-12(15-13)18-11-5-3-2-4-9(11)8-16/h2-7,16H,8,14H2,1H3. The quantitative estimate of drug-likeness (QED) is 0.862. The third-order valence-electron chi connectivity index (χ3n) is 2.41. The molecule has 0 saturated heterocycles. The molecule has 0 bridgehead atoms. The molecule has 0 aliphatic rings. The lowest BCUT2D eigenvalue weighted by Crippen LogP contribution is -1.98. The lowest BCUT2D eigenvalue weighted by atomic mass is 10.2. The molecule has 5 nitrogen and oxygen atoms in total. The summed E-state index contributed by atoms with van der Waals surface area (Å²) in [5, 5.41) is 9.20. The maximum atomic E-state index is 9.20. The Kier molecular flexibility index (Phi) is 3.64. The summed E-state index contributed by atoms with van der Waals surface area (Å²) in [6.07, 6.45) is 0. The van der Waals surface area contributed by atoms with Crippen LogP contribution in [-0.2, 0) is 6.61 Å². The first-order valence-electron chi connectivity index (χ1n) is 5.41. The highest BCUT2D eigenvalue weighted by molar-refractivity contribution is 5.49. The van der Waals surface area contributed by atoms with Gasteiger partial charge in [-0.2, -0.15) is 4.98 Å². The summed E-state index contributed by atoms with van der Waals surface area (Å²) in [4.78, 5) is 4.11.